The molecule has 0 N–H and O–H groups in total. The lowest BCUT2D eigenvalue weighted by Crippen LogP contribution is -2.30. The summed E-state index contributed by atoms with van der Waals surface area (Å²) in [6, 6.07) is 13.9. The van der Waals surface area contributed by atoms with Crippen molar-refractivity contribution in [2.45, 2.75) is 45.8 Å². The number of nitrogens with zero attached hydrogens (tertiary/aromatic N) is 5. The zero-order valence-electron chi connectivity index (χ0n) is 20.0. The molecule has 34 heavy (non-hydrogen) atoms. The van der Waals surface area contributed by atoms with Crippen LogP contribution in [0.4, 0.5) is 0 Å². The van der Waals surface area contributed by atoms with Crippen LogP contribution in [0.2, 0.25) is 0 Å². The van der Waals surface area contributed by atoms with E-state index < -0.39 is 0 Å². The molecule has 8 nitrogen and oxygen atoms in total. The van der Waals surface area contributed by atoms with E-state index in [0.29, 0.717) is 41.1 Å². The number of aromatic nitrogens is 2. The monoisotopic (exact) mass is 459 g/mol. The first-order chi connectivity index (χ1) is 16.5. The zero-order valence-corrected chi connectivity index (χ0v) is 20.0. The van der Waals surface area contributed by atoms with Crippen molar-refractivity contribution in [3.8, 4) is 34.7 Å². The average molecular weight is 460 g/mol. The third kappa shape index (κ3) is 4.57. The molecule has 3 aromatic rings. The summed E-state index contributed by atoms with van der Waals surface area (Å²) in [4.78, 5) is 17.5. The van der Waals surface area contributed by atoms with Gasteiger partial charge in [-0.3, -0.25) is 4.90 Å². The number of nitriles is 1. The van der Waals surface area contributed by atoms with E-state index in [4.69, 9.17) is 9.26 Å². The molecule has 1 aliphatic carbocycles. The highest BCUT2D eigenvalue weighted by Crippen LogP contribution is 2.44. The highest BCUT2D eigenvalue weighted by molar-refractivity contribution is 5.67. The summed E-state index contributed by atoms with van der Waals surface area (Å²) in [6.07, 6.45) is 1.91. The van der Waals surface area contributed by atoms with E-state index in [-0.39, 0.29) is 18.7 Å². The number of hydrogen-bond donors (Lipinski definition) is 0. The summed E-state index contributed by atoms with van der Waals surface area (Å²) in [5, 5.41) is 16.8. The fraction of sp³-hybridized carbons (Fsp3) is 0.423. The zero-order chi connectivity index (χ0) is 24.2. The first kappa shape index (κ1) is 23.6. The number of rotatable bonds is 9. The maximum atomic E-state index is 10.7. The molecule has 0 spiro atoms. The van der Waals surface area contributed by atoms with Crippen molar-refractivity contribution in [3.05, 3.63) is 58.0 Å². The van der Waals surface area contributed by atoms with Gasteiger partial charge in [0, 0.05) is 23.7 Å². The Hall–Kier alpha value is -3.57. The Bertz CT molecular complexity index is 1210. The molecule has 8 heteroatoms. The average Bonchev–Trinajstić information content (AvgIpc) is 3.47. The van der Waals surface area contributed by atoms with Gasteiger partial charge in [-0.2, -0.15) is 15.2 Å². The number of likely N-dealkylation sites (N-methyl/N-ethyl adjacent to an activating group) is 1. The Morgan fingerprint density at radius 1 is 1.32 bits per heavy atom. The van der Waals surface area contributed by atoms with Gasteiger partial charge in [0.2, 0.25) is 5.82 Å². The van der Waals surface area contributed by atoms with Gasteiger partial charge in [-0.25, -0.2) is 0 Å². The smallest absolute Gasteiger partial charge is 0.258 e. The van der Waals surface area contributed by atoms with E-state index in [0.717, 1.165) is 18.4 Å². The molecule has 0 saturated heterocycles. The van der Waals surface area contributed by atoms with Crippen LogP contribution in [-0.4, -0.2) is 41.3 Å². The minimum Gasteiger partial charge on any atom is -0.490 e. The van der Waals surface area contributed by atoms with Crippen LogP contribution in [-0.2, 0) is 6.42 Å². The minimum atomic E-state index is -0.0300. The van der Waals surface area contributed by atoms with Gasteiger partial charge in [0.25, 0.3) is 5.89 Å². The highest BCUT2D eigenvalue weighted by Gasteiger charge is 2.36. The summed E-state index contributed by atoms with van der Waals surface area (Å²) >= 11 is 0. The van der Waals surface area contributed by atoms with Crippen molar-refractivity contribution < 1.29 is 9.26 Å². The lowest BCUT2D eigenvalue weighted by Gasteiger charge is -2.29. The number of nitroso groups, excluding NO2 is 1. The lowest BCUT2D eigenvalue weighted by molar-refractivity contribution is 0.191. The molecule has 2 atom stereocenters. The van der Waals surface area contributed by atoms with Crippen molar-refractivity contribution in [1.82, 2.24) is 15.0 Å². The Balaban J connectivity index is 1.67. The second-order valence-electron chi connectivity index (χ2n) is 8.94. The summed E-state index contributed by atoms with van der Waals surface area (Å²) in [6.45, 7) is 6.93. The largest absolute Gasteiger partial charge is 0.490 e. The Kier molecular flexibility index (Phi) is 7.03. The predicted molar refractivity (Wildman–Crippen MR) is 129 cm³/mol. The van der Waals surface area contributed by atoms with E-state index in [9.17, 15) is 10.2 Å². The number of ether oxygens (including phenoxy) is 1. The molecule has 0 fully saturated rings. The Morgan fingerprint density at radius 3 is 2.85 bits per heavy atom. The van der Waals surface area contributed by atoms with Gasteiger partial charge in [-0.1, -0.05) is 41.9 Å². The van der Waals surface area contributed by atoms with Crippen molar-refractivity contribution in [1.29, 1.82) is 5.26 Å². The quantitative estimate of drug-likeness (QED) is 0.395. The Morgan fingerprint density at radius 2 is 2.15 bits per heavy atom. The summed E-state index contributed by atoms with van der Waals surface area (Å²) < 4.78 is 11.3. The Labute approximate surface area is 199 Å². The van der Waals surface area contributed by atoms with Crippen LogP contribution < -0.4 is 4.74 Å². The van der Waals surface area contributed by atoms with E-state index in [2.05, 4.69) is 39.3 Å². The summed E-state index contributed by atoms with van der Waals surface area (Å²) in [7, 11) is 2.05. The molecule has 1 aliphatic rings. The molecule has 0 bridgehead atoms. The van der Waals surface area contributed by atoms with Gasteiger partial charge in [0.05, 0.1) is 18.2 Å². The second kappa shape index (κ2) is 10.1. The van der Waals surface area contributed by atoms with Crippen molar-refractivity contribution >= 4 is 0 Å². The molecule has 4 rings (SSSR count). The molecular weight excluding hydrogens is 430 g/mol. The molecule has 0 radical (unpaired) electrons. The van der Waals surface area contributed by atoms with Crippen LogP contribution in [0.3, 0.4) is 0 Å². The first-order valence-electron chi connectivity index (χ1n) is 11.6. The lowest BCUT2D eigenvalue weighted by atomic mass is 9.97. The maximum absolute atomic E-state index is 10.7. The fourth-order valence-corrected chi connectivity index (χ4v) is 4.81. The van der Waals surface area contributed by atoms with E-state index in [1.807, 2.05) is 39.1 Å². The highest BCUT2D eigenvalue weighted by atomic mass is 16.5. The topological polar surface area (TPSA) is 105 Å². The van der Waals surface area contributed by atoms with Crippen molar-refractivity contribution in [2.24, 2.45) is 11.1 Å². The number of fused-ring (bicyclic) bond motifs is 1. The third-order valence-electron chi connectivity index (χ3n) is 6.36. The van der Waals surface area contributed by atoms with Gasteiger partial charge in [-0.15, -0.1) is 0 Å². The van der Waals surface area contributed by atoms with Crippen LogP contribution in [0.15, 0.2) is 46.1 Å². The molecular formula is C26H29N5O3. The van der Waals surface area contributed by atoms with Crippen LogP contribution >= 0.6 is 0 Å². The van der Waals surface area contributed by atoms with Crippen molar-refractivity contribution in [2.75, 3.05) is 20.1 Å². The van der Waals surface area contributed by atoms with Crippen molar-refractivity contribution in [3.63, 3.8) is 0 Å². The van der Waals surface area contributed by atoms with Crippen LogP contribution in [0.5, 0.6) is 5.75 Å². The molecule has 0 saturated carbocycles. The molecule has 0 amide bonds. The SMILES string of the molecule is CCC1Cc2c(-c3noc(-c4ccc(OC(C)C)c(C#N)c4)n3)cccc2C1N(C)CCN=O. The molecule has 176 valence electrons. The van der Waals surface area contributed by atoms with E-state index in [1.54, 1.807) is 12.1 Å². The summed E-state index contributed by atoms with van der Waals surface area (Å²) in [5.74, 6) is 1.86. The standard InChI is InChI=1S/C26H29N5O3/c1-5-17-14-22-20(24(17)31(4)12-11-28-32)7-6-8-21(22)25-29-26(34-30-25)18-9-10-23(33-16(2)3)19(13-18)15-27/h6-10,13,16-17,24H,5,11-12,14H2,1-4H3. The molecule has 1 heterocycles. The van der Waals surface area contributed by atoms with Gasteiger partial charge in [0.1, 0.15) is 11.8 Å². The number of benzene rings is 2. The molecule has 0 aliphatic heterocycles. The maximum Gasteiger partial charge on any atom is 0.258 e. The van der Waals surface area contributed by atoms with Gasteiger partial charge >= 0.3 is 0 Å². The van der Waals surface area contributed by atoms with E-state index >= 15 is 0 Å². The molecule has 1 aromatic heterocycles. The fourth-order valence-electron chi connectivity index (χ4n) is 4.81. The normalized spacial score (nSPS) is 17.1. The van der Waals surface area contributed by atoms with Gasteiger partial charge in [-0.05, 0) is 62.6 Å². The third-order valence-corrected chi connectivity index (χ3v) is 6.36. The van der Waals surface area contributed by atoms with E-state index in [1.165, 1.54) is 11.1 Å². The van der Waals surface area contributed by atoms with Crippen LogP contribution in [0.1, 0.15) is 49.9 Å². The molecule has 2 aromatic carbocycles. The number of hydrogen-bond acceptors (Lipinski definition) is 8. The molecule has 2 unspecified atom stereocenters. The summed E-state index contributed by atoms with van der Waals surface area (Å²) in [5.41, 5.74) is 4.51. The van der Waals surface area contributed by atoms with Gasteiger partial charge < -0.3 is 9.26 Å². The minimum absolute atomic E-state index is 0.0300. The van der Waals surface area contributed by atoms with Gasteiger partial charge in [0.15, 0.2) is 0 Å². The second-order valence-corrected chi connectivity index (χ2v) is 8.94. The first-order valence-corrected chi connectivity index (χ1v) is 11.6. The predicted octanol–water partition coefficient (Wildman–Crippen LogP) is 5.38. The van der Waals surface area contributed by atoms with Crippen LogP contribution in [0, 0.1) is 22.2 Å². The van der Waals surface area contributed by atoms with Crippen LogP contribution in [0.25, 0.3) is 22.8 Å².